The summed E-state index contributed by atoms with van der Waals surface area (Å²) in [5.74, 6) is -0.320. The third-order valence-corrected chi connectivity index (χ3v) is 5.08. The van der Waals surface area contributed by atoms with E-state index in [9.17, 15) is 9.18 Å². The normalized spacial score (nSPS) is 13.9. The molecule has 2 aromatic carbocycles. The SMILES string of the molecule is Cl.Cl.O.O=C(NCCCN1CCN(Cc2ccc(Cl)cc2)CC1)Nc1ccc(F)cc1. The Hall–Kier alpha value is -1.61. The number of amides is 2. The molecule has 1 saturated heterocycles. The summed E-state index contributed by atoms with van der Waals surface area (Å²) in [6.45, 7) is 6.69. The standard InChI is InChI=1S/C21H26ClFN4O.2ClH.H2O/c22-18-4-2-17(3-5-18)16-27-14-12-26(13-15-27)11-1-10-24-21(28)25-20-8-6-19(23)7-9-20;;;/h2-9H,1,10-16H2,(H2,24,25,28);2*1H;1H2. The number of carbonyl (C=O) groups is 1. The van der Waals surface area contributed by atoms with Gasteiger partial charge in [0.1, 0.15) is 5.82 Å². The second-order valence-corrected chi connectivity index (χ2v) is 7.42. The van der Waals surface area contributed by atoms with Crippen molar-refractivity contribution in [2.24, 2.45) is 0 Å². The molecule has 0 radical (unpaired) electrons. The van der Waals surface area contributed by atoms with E-state index in [1.165, 1.54) is 17.7 Å². The molecule has 0 bridgehead atoms. The van der Waals surface area contributed by atoms with E-state index in [2.05, 4.69) is 32.6 Å². The lowest BCUT2D eigenvalue weighted by Crippen LogP contribution is -2.46. The maximum atomic E-state index is 12.9. The molecule has 1 heterocycles. The van der Waals surface area contributed by atoms with Crippen LogP contribution in [0.3, 0.4) is 0 Å². The van der Waals surface area contributed by atoms with Crippen LogP contribution < -0.4 is 10.6 Å². The Balaban J connectivity index is 0.00000300. The van der Waals surface area contributed by atoms with Crippen molar-refractivity contribution in [1.29, 1.82) is 0 Å². The lowest BCUT2D eigenvalue weighted by molar-refractivity contribution is 0.126. The summed E-state index contributed by atoms with van der Waals surface area (Å²) in [6, 6.07) is 13.5. The van der Waals surface area contributed by atoms with E-state index in [1.54, 1.807) is 12.1 Å². The number of nitrogens with zero attached hydrogens (tertiary/aromatic N) is 2. The highest BCUT2D eigenvalue weighted by Gasteiger charge is 2.16. The third-order valence-electron chi connectivity index (χ3n) is 4.82. The zero-order valence-corrected chi connectivity index (χ0v) is 19.5. The van der Waals surface area contributed by atoms with E-state index in [1.807, 2.05) is 12.1 Å². The van der Waals surface area contributed by atoms with Crippen LogP contribution in [0.4, 0.5) is 14.9 Å². The van der Waals surface area contributed by atoms with Gasteiger partial charge in [0.15, 0.2) is 0 Å². The van der Waals surface area contributed by atoms with E-state index in [0.29, 0.717) is 12.2 Å². The van der Waals surface area contributed by atoms with Crippen LogP contribution >= 0.6 is 36.4 Å². The molecule has 0 unspecified atom stereocenters. The summed E-state index contributed by atoms with van der Waals surface area (Å²) in [4.78, 5) is 16.7. The number of urea groups is 1. The number of carbonyl (C=O) groups excluding carboxylic acids is 1. The van der Waals surface area contributed by atoms with Gasteiger partial charge in [-0.3, -0.25) is 4.90 Å². The van der Waals surface area contributed by atoms with Crippen LogP contribution in [0.15, 0.2) is 48.5 Å². The number of benzene rings is 2. The van der Waals surface area contributed by atoms with E-state index >= 15 is 0 Å². The third kappa shape index (κ3) is 10.5. The van der Waals surface area contributed by atoms with Crippen LogP contribution in [-0.2, 0) is 6.54 Å². The molecular formula is C21H30Cl3FN4O2. The zero-order chi connectivity index (χ0) is 19.8. The summed E-state index contributed by atoms with van der Waals surface area (Å²) in [5, 5.41) is 6.31. The van der Waals surface area contributed by atoms with Gasteiger partial charge >= 0.3 is 6.03 Å². The molecule has 1 fully saturated rings. The maximum Gasteiger partial charge on any atom is 0.319 e. The molecule has 1 aliphatic rings. The summed E-state index contributed by atoms with van der Waals surface area (Å²) in [6.07, 6.45) is 0.897. The van der Waals surface area contributed by atoms with Crippen LogP contribution in [-0.4, -0.2) is 60.6 Å². The van der Waals surface area contributed by atoms with Crippen molar-refractivity contribution in [3.63, 3.8) is 0 Å². The number of rotatable bonds is 7. The fourth-order valence-corrected chi connectivity index (χ4v) is 3.36. The number of nitrogens with one attached hydrogen (secondary N) is 2. The van der Waals surface area contributed by atoms with Crippen molar-refractivity contribution >= 4 is 48.1 Å². The number of halogens is 4. The van der Waals surface area contributed by atoms with Gasteiger partial charge in [-0.25, -0.2) is 9.18 Å². The average Bonchev–Trinajstić information content (AvgIpc) is 2.70. The zero-order valence-electron chi connectivity index (χ0n) is 17.2. The molecule has 0 atom stereocenters. The van der Waals surface area contributed by atoms with Gasteiger partial charge in [0.25, 0.3) is 0 Å². The Labute approximate surface area is 200 Å². The van der Waals surface area contributed by atoms with Gasteiger partial charge in [-0.15, -0.1) is 24.8 Å². The summed E-state index contributed by atoms with van der Waals surface area (Å²) in [5.41, 5.74) is 1.87. The highest BCUT2D eigenvalue weighted by molar-refractivity contribution is 6.30. The molecule has 0 spiro atoms. The largest absolute Gasteiger partial charge is 0.412 e. The topological polar surface area (TPSA) is 79.1 Å². The smallest absolute Gasteiger partial charge is 0.319 e. The second-order valence-electron chi connectivity index (χ2n) is 6.99. The first-order chi connectivity index (χ1) is 13.6. The predicted molar refractivity (Wildman–Crippen MR) is 129 cm³/mol. The number of anilines is 1. The number of hydrogen-bond acceptors (Lipinski definition) is 3. The van der Waals surface area contributed by atoms with Crippen molar-refractivity contribution in [2.75, 3.05) is 44.6 Å². The van der Waals surface area contributed by atoms with E-state index in [-0.39, 0.29) is 42.1 Å². The van der Waals surface area contributed by atoms with Crippen LogP contribution in [0.1, 0.15) is 12.0 Å². The minimum absolute atomic E-state index is 0. The van der Waals surface area contributed by atoms with Crippen molar-refractivity contribution < 1.29 is 14.7 Å². The molecule has 4 N–H and O–H groups in total. The molecule has 31 heavy (non-hydrogen) atoms. The Morgan fingerprint density at radius 3 is 2.13 bits per heavy atom. The minimum Gasteiger partial charge on any atom is -0.412 e. The lowest BCUT2D eigenvalue weighted by Gasteiger charge is -2.34. The summed E-state index contributed by atoms with van der Waals surface area (Å²) < 4.78 is 12.9. The molecule has 2 amide bonds. The van der Waals surface area contributed by atoms with E-state index < -0.39 is 0 Å². The van der Waals surface area contributed by atoms with Gasteiger partial charge in [0, 0.05) is 50.0 Å². The second kappa shape index (κ2) is 15.2. The Bertz CT molecular complexity index is 758. The van der Waals surface area contributed by atoms with Crippen molar-refractivity contribution in [3.05, 3.63) is 64.9 Å². The van der Waals surface area contributed by atoms with Gasteiger partial charge in [-0.2, -0.15) is 0 Å². The van der Waals surface area contributed by atoms with Crippen LogP contribution in [0.25, 0.3) is 0 Å². The summed E-state index contributed by atoms with van der Waals surface area (Å²) in [7, 11) is 0. The molecule has 174 valence electrons. The van der Waals surface area contributed by atoms with Crippen molar-refractivity contribution in [3.8, 4) is 0 Å². The quantitative estimate of drug-likeness (QED) is 0.573. The molecule has 2 aromatic rings. The minimum atomic E-state index is -0.320. The molecule has 1 aliphatic heterocycles. The molecule has 0 aromatic heterocycles. The summed E-state index contributed by atoms with van der Waals surface area (Å²) >= 11 is 5.94. The Kier molecular flexibility index (Phi) is 14.4. The van der Waals surface area contributed by atoms with Crippen molar-refractivity contribution in [1.82, 2.24) is 15.1 Å². The van der Waals surface area contributed by atoms with Gasteiger partial charge in [0.05, 0.1) is 0 Å². The fraction of sp³-hybridized carbons (Fsp3) is 0.381. The van der Waals surface area contributed by atoms with Crippen LogP contribution in [0.5, 0.6) is 0 Å². The molecular weight excluding hydrogens is 466 g/mol. The molecule has 0 aliphatic carbocycles. The van der Waals surface area contributed by atoms with Gasteiger partial charge in [-0.05, 0) is 54.9 Å². The molecule has 10 heteroatoms. The molecule has 0 saturated carbocycles. The first-order valence-electron chi connectivity index (χ1n) is 9.58. The first kappa shape index (κ1) is 29.4. The highest BCUT2D eigenvalue weighted by Crippen LogP contribution is 2.13. The first-order valence-corrected chi connectivity index (χ1v) is 9.96. The average molecular weight is 496 g/mol. The lowest BCUT2D eigenvalue weighted by atomic mass is 10.2. The monoisotopic (exact) mass is 494 g/mol. The number of hydrogen-bond donors (Lipinski definition) is 2. The Morgan fingerprint density at radius 1 is 0.935 bits per heavy atom. The predicted octanol–water partition coefficient (Wildman–Crippen LogP) is 3.83. The van der Waals surface area contributed by atoms with Gasteiger partial charge < -0.3 is 21.0 Å². The number of piperazine rings is 1. The Morgan fingerprint density at radius 2 is 1.52 bits per heavy atom. The van der Waals surface area contributed by atoms with Crippen molar-refractivity contribution in [2.45, 2.75) is 13.0 Å². The van der Waals surface area contributed by atoms with Crippen LogP contribution in [0.2, 0.25) is 5.02 Å². The van der Waals surface area contributed by atoms with E-state index in [4.69, 9.17) is 11.6 Å². The highest BCUT2D eigenvalue weighted by atomic mass is 35.5. The fourth-order valence-electron chi connectivity index (χ4n) is 3.23. The van der Waals surface area contributed by atoms with Gasteiger partial charge in [-0.1, -0.05) is 23.7 Å². The molecule has 3 rings (SSSR count). The molecule has 6 nitrogen and oxygen atoms in total. The van der Waals surface area contributed by atoms with E-state index in [0.717, 1.165) is 50.7 Å². The maximum absolute atomic E-state index is 12.9. The van der Waals surface area contributed by atoms with Crippen LogP contribution in [0, 0.1) is 5.82 Å². The van der Waals surface area contributed by atoms with Gasteiger partial charge in [0.2, 0.25) is 0 Å².